The van der Waals surface area contributed by atoms with Crippen molar-refractivity contribution in [3.05, 3.63) is 0 Å². The van der Waals surface area contributed by atoms with E-state index < -0.39 is 5.97 Å². The van der Waals surface area contributed by atoms with Gasteiger partial charge in [0.25, 0.3) is 0 Å². The summed E-state index contributed by atoms with van der Waals surface area (Å²) in [6.45, 7) is 1.83. The van der Waals surface area contributed by atoms with E-state index in [2.05, 4.69) is 15.9 Å². The van der Waals surface area contributed by atoms with Crippen molar-refractivity contribution >= 4 is 21.9 Å². The number of alkyl halides is 1. The highest BCUT2D eigenvalue weighted by molar-refractivity contribution is 9.09. The molecule has 1 unspecified atom stereocenters. The van der Waals surface area contributed by atoms with Crippen LogP contribution in [0.4, 0.5) is 0 Å². The first-order chi connectivity index (χ1) is 6.15. The Kier molecular flexibility index (Phi) is 4.23. The fourth-order valence-electron chi connectivity index (χ4n) is 2.04. The summed E-state index contributed by atoms with van der Waals surface area (Å²) in [7, 11) is 0. The van der Waals surface area contributed by atoms with Gasteiger partial charge >= 0.3 is 5.97 Å². The van der Waals surface area contributed by atoms with Crippen molar-refractivity contribution < 1.29 is 9.90 Å². The predicted molar refractivity (Wildman–Crippen MR) is 56.0 cm³/mol. The third-order valence-corrected chi connectivity index (χ3v) is 4.12. The highest BCUT2D eigenvalue weighted by atomic mass is 79.9. The maximum absolute atomic E-state index is 10.7. The lowest BCUT2D eigenvalue weighted by molar-refractivity contribution is -0.143. The minimum absolute atomic E-state index is 0.156. The second-order valence-electron chi connectivity index (χ2n) is 4.06. The summed E-state index contributed by atoms with van der Waals surface area (Å²) in [6.07, 6.45) is 4.55. The molecule has 1 rings (SSSR count). The molecule has 0 aromatic heterocycles. The molecule has 1 atom stereocenters. The van der Waals surface area contributed by atoms with Crippen molar-refractivity contribution in [3.63, 3.8) is 0 Å². The highest BCUT2D eigenvalue weighted by Crippen LogP contribution is 2.34. The molecule has 0 spiro atoms. The fourth-order valence-corrected chi connectivity index (χ4v) is 2.69. The lowest BCUT2D eigenvalue weighted by atomic mass is 9.77. The van der Waals surface area contributed by atoms with Gasteiger partial charge in [-0.2, -0.15) is 0 Å². The second kappa shape index (κ2) is 4.99. The smallest absolute Gasteiger partial charge is 0.306 e. The molecule has 0 aliphatic heterocycles. The monoisotopic (exact) mass is 248 g/mol. The number of rotatable bonds is 3. The molecule has 76 valence electrons. The number of aliphatic carboxylic acids is 1. The molecule has 0 amide bonds. The Labute approximate surface area is 87.8 Å². The quantitative estimate of drug-likeness (QED) is 0.781. The van der Waals surface area contributed by atoms with Gasteiger partial charge in [0.1, 0.15) is 0 Å². The molecule has 1 saturated carbocycles. The zero-order valence-corrected chi connectivity index (χ0v) is 9.59. The zero-order valence-electron chi connectivity index (χ0n) is 8.00. The standard InChI is InChI=1S/C10H17BrO2/c1-7(10(12)13)9-4-2-8(6-11)3-5-9/h7-9H,2-6H2,1H3,(H,12,13). The predicted octanol–water partition coefficient (Wildman–Crippen LogP) is 2.91. The fraction of sp³-hybridized carbons (Fsp3) is 0.900. The molecular weight excluding hydrogens is 232 g/mol. The van der Waals surface area contributed by atoms with Crippen molar-refractivity contribution in [1.29, 1.82) is 0 Å². The Morgan fingerprint density at radius 3 is 2.38 bits per heavy atom. The lowest BCUT2D eigenvalue weighted by Gasteiger charge is -2.29. The summed E-state index contributed by atoms with van der Waals surface area (Å²) < 4.78 is 0. The molecule has 0 aromatic rings. The first-order valence-corrected chi connectivity index (χ1v) is 6.06. The Bertz CT molecular complexity index is 174. The first-order valence-electron chi connectivity index (χ1n) is 4.94. The molecule has 1 fully saturated rings. The van der Waals surface area contributed by atoms with E-state index >= 15 is 0 Å². The Morgan fingerprint density at radius 1 is 1.46 bits per heavy atom. The molecule has 2 nitrogen and oxygen atoms in total. The molecule has 0 saturated heterocycles. The summed E-state index contributed by atoms with van der Waals surface area (Å²) >= 11 is 3.48. The molecule has 13 heavy (non-hydrogen) atoms. The van der Waals surface area contributed by atoms with Gasteiger partial charge in [-0.3, -0.25) is 4.79 Å². The molecule has 1 aliphatic rings. The highest BCUT2D eigenvalue weighted by Gasteiger charge is 2.28. The molecule has 1 aliphatic carbocycles. The zero-order chi connectivity index (χ0) is 9.84. The number of hydrogen-bond acceptors (Lipinski definition) is 1. The van der Waals surface area contributed by atoms with Crippen molar-refractivity contribution in [2.75, 3.05) is 5.33 Å². The normalized spacial score (nSPS) is 31.2. The van der Waals surface area contributed by atoms with E-state index in [9.17, 15) is 4.79 Å². The van der Waals surface area contributed by atoms with Crippen molar-refractivity contribution in [2.45, 2.75) is 32.6 Å². The SMILES string of the molecule is CC(C(=O)O)C1CCC(CBr)CC1. The molecule has 0 radical (unpaired) electrons. The van der Waals surface area contributed by atoms with Crippen molar-refractivity contribution in [3.8, 4) is 0 Å². The van der Waals surface area contributed by atoms with Gasteiger partial charge in [0, 0.05) is 5.33 Å². The average molecular weight is 249 g/mol. The lowest BCUT2D eigenvalue weighted by Crippen LogP contribution is -2.25. The molecular formula is C10H17BrO2. The summed E-state index contributed by atoms with van der Waals surface area (Å²) in [5.41, 5.74) is 0. The number of carboxylic acid groups (broad SMARTS) is 1. The van der Waals surface area contributed by atoms with Crippen LogP contribution in [0.5, 0.6) is 0 Å². The van der Waals surface area contributed by atoms with E-state index in [1.54, 1.807) is 0 Å². The van der Waals surface area contributed by atoms with Crippen molar-refractivity contribution in [1.82, 2.24) is 0 Å². The van der Waals surface area contributed by atoms with Gasteiger partial charge in [0.05, 0.1) is 5.92 Å². The van der Waals surface area contributed by atoms with Crippen LogP contribution in [0.25, 0.3) is 0 Å². The molecule has 0 bridgehead atoms. The van der Waals surface area contributed by atoms with Crippen LogP contribution in [0.1, 0.15) is 32.6 Å². The van der Waals surface area contributed by atoms with E-state index in [1.807, 2.05) is 6.92 Å². The van der Waals surface area contributed by atoms with Gasteiger partial charge in [0.15, 0.2) is 0 Å². The number of halogens is 1. The number of carbonyl (C=O) groups is 1. The maximum Gasteiger partial charge on any atom is 0.306 e. The van der Waals surface area contributed by atoms with E-state index in [-0.39, 0.29) is 5.92 Å². The van der Waals surface area contributed by atoms with Gasteiger partial charge in [0.2, 0.25) is 0 Å². The van der Waals surface area contributed by atoms with Gasteiger partial charge in [-0.15, -0.1) is 0 Å². The summed E-state index contributed by atoms with van der Waals surface area (Å²) in [6, 6.07) is 0. The van der Waals surface area contributed by atoms with Crippen LogP contribution in [-0.4, -0.2) is 16.4 Å². The topological polar surface area (TPSA) is 37.3 Å². The summed E-state index contributed by atoms with van der Waals surface area (Å²) in [5, 5.41) is 9.92. The van der Waals surface area contributed by atoms with Crippen LogP contribution in [0, 0.1) is 17.8 Å². The van der Waals surface area contributed by atoms with Crippen LogP contribution < -0.4 is 0 Å². The third-order valence-electron chi connectivity index (χ3n) is 3.21. The first kappa shape index (κ1) is 11.0. The van der Waals surface area contributed by atoms with Gasteiger partial charge in [-0.1, -0.05) is 22.9 Å². The van der Waals surface area contributed by atoms with Crippen LogP contribution in [0.2, 0.25) is 0 Å². The maximum atomic E-state index is 10.7. The summed E-state index contributed by atoms with van der Waals surface area (Å²) in [4.78, 5) is 10.7. The van der Waals surface area contributed by atoms with E-state index in [1.165, 1.54) is 12.8 Å². The largest absolute Gasteiger partial charge is 0.481 e. The number of hydrogen-bond donors (Lipinski definition) is 1. The minimum atomic E-state index is -0.637. The van der Waals surface area contributed by atoms with Gasteiger partial charge in [-0.05, 0) is 37.5 Å². The van der Waals surface area contributed by atoms with Gasteiger partial charge < -0.3 is 5.11 Å². The van der Waals surface area contributed by atoms with E-state index in [0.717, 1.165) is 24.1 Å². The minimum Gasteiger partial charge on any atom is -0.481 e. The Balaban J connectivity index is 2.36. The second-order valence-corrected chi connectivity index (χ2v) is 4.71. The number of carboxylic acids is 1. The molecule has 3 heteroatoms. The van der Waals surface area contributed by atoms with E-state index in [0.29, 0.717) is 5.92 Å². The van der Waals surface area contributed by atoms with Gasteiger partial charge in [-0.25, -0.2) is 0 Å². The summed E-state index contributed by atoms with van der Waals surface area (Å²) in [5.74, 6) is 0.392. The van der Waals surface area contributed by atoms with E-state index in [4.69, 9.17) is 5.11 Å². The Morgan fingerprint density at radius 2 is 2.00 bits per heavy atom. The average Bonchev–Trinajstić information content (AvgIpc) is 2.17. The molecule has 1 N–H and O–H groups in total. The third kappa shape index (κ3) is 2.97. The molecule has 0 heterocycles. The van der Waals surface area contributed by atoms with Crippen LogP contribution in [0.15, 0.2) is 0 Å². The molecule has 0 aromatic carbocycles. The van der Waals surface area contributed by atoms with Crippen molar-refractivity contribution in [2.24, 2.45) is 17.8 Å². The van der Waals surface area contributed by atoms with Crippen LogP contribution in [0.3, 0.4) is 0 Å². The van der Waals surface area contributed by atoms with Crippen LogP contribution in [-0.2, 0) is 4.79 Å². The van der Waals surface area contributed by atoms with Crippen LogP contribution >= 0.6 is 15.9 Å². The Hall–Kier alpha value is -0.0500.